The van der Waals surface area contributed by atoms with Crippen molar-refractivity contribution in [2.45, 2.75) is 26.3 Å². The molecule has 0 radical (unpaired) electrons. The molecule has 1 heterocycles. The predicted octanol–water partition coefficient (Wildman–Crippen LogP) is 2.00. The van der Waals surface area contributed by atoms with Crippen LogP contribution in [0.5, 0.6) is 0 Å². The Kier molecular flexibility index (Phi) is 4.10. The number of amides is 1. The van der Waals surface area contributed by atoms with Gasteiger partial charge >= 0.3 is 0 Å². The molecule has 0 aromatic heterocycles. The van der Waals surface area contributed by atoms with Gasteiger partial charge in [0, 0.05) is 25.5 Å². The molecule has 1 aromatic carbocycles. The fraction of sp³-hybridized carbons (Fsp3) is 0.533. The Morgan fingerprint density at radius 1 is 1.42 bits per heavy atom. The molecule has 1 amide bonds. The number of hydrogen-bond acceptors (Lipinski definition) is 3. The Balaban J connectivity index is 2.09. The molecule has 1 aromatic rings. The molecule has 104 valence electrons. The van der Waals surface area contributed by atoms with Crippen LogP contribution < -0.4 is 15.5 Å². The Bertz CT molecular complexity index is 470. The maximum absolute atomic E-state index is 12.2. The van der Waals surface area contributed by atoms with E-state index in [1.165, 1.54) is 0 Å². The Hall–Kier alpha value is -1.55. The molecular weight excluding hydrogens is 238 g/mol. The first-order valence-corrected chi connectivity index (χ1v) is 6.81. The van der Waals surface area contributed by atoms with E-state index >= 15 is 0 Å². The van der Waals surface area contributed by atoms with Crippen LogP contribution in [-0.4, -0.2) is 32.6 Å². The van der Waals surface area contributed by atoms with Gasteiger partial charge in [0.2, 0.25) is 5.91 Å². The van der Waals surface area contributed by atoms with Crippen molar-refractivity contribution in [3.63, 3.8) is 0 Å². The highest BCUT2D eigenvalue weighted by Gasteiger charge is 2.29. The van der Waals surface area contributed by atoms with Crippen LogP contribution >= 0.6 is 0 Å². The van der Waals surface area contributed by atoms with Gasteiger partial charge in [-0.3, -0.25) is 4.79 Å². The summed E-state index contributed by atoms with van der Waals surface area (Å²) in [5.41, 5.74) is 3.13. The average Bonchev–Trinajstić information content (AvgIpc) is 2.77. The molecule has 2 N–H and O–H groups in total. The van der Waals surface area contributed by atoms with Crippen LogP contribution in [0.2, 0.25) is 0 Å². The summed E-state index contributed by atoms with van der Waals surface area (Å²) in [6.45, 7) is 5.07. The molecule has 4 nitrogen and oxygen atoms in total. The van der Waals surface area contributed by atoms with Crippen LogP contribution in [0.4, 0.5) is 11.4 Å². The fourth-order valence-corrected chi connectivity index (χ4v) is 2.46. The highest BCUT2D eigenvalue weighted by molar-refractivity contribution is 5.96. The summed E-state index contributed by atoms with van der Waals surface area (Å²) in [5.74, 6) is 0.479. The zero-order valence-corrected chi connectivity index (χ0v) is 12.2. The lowest BCUT2D eigenvalue weighted by Gasteiger charge is -2.18. The minimum Gasteiger partial charge on any atom is -0.378 e. The van der Waals surface area contributed by atoms with Gasteiger partial charge in [0.25, 0.3) is 0 Å². The van der Waals surface area contributed by atoms with E-state index in [4.69, 9.17) is 0 Å². The van der Waals surface area contributed by atoms with Gasteiger partial charge in [-0.2, -0.15) is 0 Å². The van der Waals surface area contributed by atoms with E-state index in [9.17, 15) is 4.79 Å². The summed E-state index contributed by atoms with van der Waals surface area (Å²) >= 11 is 0. The molecule has 0 bridgehead atoms. The first kappa shape index (κ1) is 13.9. The Labute approximate surface area is 115 Å². The smallest absolute Gasteiger partial charge is 0.241 e. The molecule has 2 rings (SSSR count). The molecule has 2 unspecified atom stereocenters. The monoisotopic (exact) mass is 261 g/mol. The normalized spacial score (nSPS) is 22.3. The molecule has 2 atom stereocenters. The van der Waals surface area contributed by atoms with Gasteiger partial charge in [-0.25, -0.2) is 0 Å². The number of nitrogens with zero attached hydrogens (tertiary/aromatic N) is 1. The second kappa shape index (κ2) is 5.61. The molecular formula is C15H23N3O. The predicted molar refractivity (Wildman–Crippen MR) is 79.7 cm³/mol. The second-order valence-electron chi connectivity index (χ2n) is 5.58. The number of anilines is 2. The number of carbonyl (C=O) groups is 1. The molecule has 0 aliphatic carbocycles. The van der Waals surface area contributed by atoms with Gasteiger partial charge in [-0.1, -0.05) is 6.92 Å². The first-order valence-electron chi connectivity index (χ1n) is 6.81. The van der Waals surface area contributed by atoms with Gasteiger partial charge < -0.3 is 15.5 Å². The summed E-state index contributed by atoms with van der Waals surface area (Å²) in [7, 11) is 4.02. The third kappa shape index (κ3) is 3.07. The largest absolute Gasteiger partial charge is 0.378 e. The Morgan fingerprint density at radius 3 is 2.68 bits per heavy atom. The van der Waals surface area contributed by atoms with Gasteiger partial charge in [0.15, 0.2) is 0 Å². The summed E-state index contributed by atoms with van der Waals surface area (Å²) in [6.07, 6.45) is 1.07. The number of aryl methyl sites for hydroxylation is 1. The van der Waals surface area contributed by atoms with E-state index in [0.717, 1.165) is 29.9 Å². The van der Waals surface area contributed by atoms with Crippen molar-refractivity contribution in [2.24, 2.45) is 5.92 Å². The van der Waals surface area contributed by atoms with E-state index < -0.39 is 0 Å². The van der Waals surface area contributed by atoms with Crippen LogP contribution in [0.15, 0.2) is 18.2 Å². The zero-order chi connectivity index (χ0) is 14.0. The van der Waals surface area contributed by atoms with Crippen LogP contribution in [-0.2, 0) is 4.79 Å². The highest BCUT2D eigenvalue weighted by atomic mass is 16.2. The van der Waals surface area contributed by atoms with Crippen molar-refractivity contribution in [3.05, 3.63) is 23.8 Å². The van der Waals surface area contributed by atoms with Crippen LogP contribution in [0, 0.1) is 12.8 Å². The molecule has 1 fully saturated rings. The number of rotatable bonds is 3. The van der Waals surface area contributed by atoms with E-state index in [1.807, 2.05) is 33.2 Å². The van der Waals surface area contributed by atoms with E-state index in [-0.39, 0.29) is 11.9 Å². The van der Waals surface area contributed by atoms with Crippen molar-refractivity contribution >= 4 is 17.3 Å². The van der Waals surface area contributed by atoms with Gasteiger partial charge in [0.1, 0.15) is 0 Å². The zero-order valence-electron chi connectivity index (χ0n) is 12.2. The average molecular weight is 261 g/mol. The second-order valence-corrected chi connectivity index (χ2v) is 5.58. The first-order chi connectivity index (χ1) is 8.99. The molecule has 1 aliphatic heterocycles. The lowest BCUT2D eigenvalue weighted by Crippen LogP contribution is -2.39. The Morgan fingerprint density at radius 2 is 2.16 bits per heavy atom. The lowest BCUT2D eigenvalue weighted by atomic mass is 10.0. The quantitative estimate of drug-likeness (QED) is 0.874. The van der Waals surface area contributed by atoms with E-state index in [1.54, 1.807) is 0 Å². The standard InChI is InChI=1S/C15H23N3O/c1-10-7-8-16-14(10)15(19)17-13-6-5-12(18(3)4)9-11(13)2/h5-6,9-10,14,16H,7-8H2,1-4H3,(H,17,19). The molecule has 1 aliphatic rings. The SMILES string of the molecule is Cc1cc(N(C)C)ccc1NC(=O)C1NCCC1C. The van der Waals surface area contributed by atoms with Crippen molar-refractivity contribution in [1.82, 2.24) is 5.32 Å². The van der Waals surface area contributed by atoms with Gasteiger partial charge in [0.05, 0.1) is 6.04 Å². The summed E-state index contributed by atoms with van der Waals surface area (Å²) in [5, 5.41) is 6.28. The topological polar surface area (TPSA) is 44.4 Å². The summed E-state index contributed by atoms with van der Waals surface area (Å²) < 4.78 is 0. The molecule has 0 spiro atoms. The van der Waals surface area contributed by atoms with Crippen LogP contribution in [0.3, 0.4) is 0 Å². The number of benzene rings is 1. The number of carbonyl (C=O) groups excluding carboxylic acids is 1. The van der Waals surface area contributed by atoms with Crippen molar-refractivity contribution in [3.8, 4) is 0 Å². The minimum absolute atomic E-state index is 0.0621. The van der Waals surface area contributed by atoms with Crippen molar-refractivity contribution in [1.29, 1.82) is 0 Å². The maximum Gasteiger partial charge on any atom is 0.241 e. The molecule has 4 heteroatoms. The van der Waals surface area contributed by atoms with Crippen molar-refractivity contribution < 1.29 is 4.79 Å². The fourth-order valence-electron chi connectivity index (χ4n) is 2.46. The molecule has 19 heavy (non-hydrogen) atoms. The number of nitrogens with one attached hydrogen (secondary N) is 2. The van der Waals surface area contributed by atoms with E-state index in [2.05, 4.69) is 28.5 Å². The van der Waals surface area contributed by atoms with Crippen molar-refractivity contribution in [2.75, 3.05) is 30.9 Å². The maximum atomic E-state index is 12.2. The van der Waals surface area contributed by atoms with E-state index in [0.29, 0.717) is 5.92 Å². The molecule has 0 saturated carbocycles. The number of hydrogen-bond donors (Lipinski definition) is 2. The van der Waals surface area contributed by atoms with Gasteiger partial charge in [-0.05, 0) is 49.6 Å². The summed E-state index contributed by atoms with van der Waals surface area (Å²) in [4.78, 5) is 14.3. The highest BCUT2D eigenvalue weighted by Crippen LogP contribution is 2.23. The molecule has 1 saturated heterocycles. The van der Waals surface area contributed by atoms with Gasteiger partial charge in [-0.15, -0.1) is 0 Å². The third-order valence-corrected chi connectivity index (χ3v) is 3.80. The minimum atomic E-state index is -0.0621. The van der Waals surface area contributed by atoms with Crippen LogP contribution in [0.25, 0.3) is 0 Å². The third-order valence-electron chi connectivity index (χ3n) is 3.80. The lowest BCUT2D eigenvalue weighted by molar-refractivity contribution is -0.118. The summed E-state index contributed by atoms with van der Waals surface area (Å²) in [6, 6.07) is 6.02. The van der Waals surface area contributed by atoms with Crippen LogP contribution in [0.1, 0.15) is 18.9 Å².